The van der Waals surface area contributed by atoms with E-state index in [4.69, 9.17) is 0 Å². The van der Waals surface area contributed by atoms with Crippen molar-refractivity contribution < 1.29 is 0 Å². The summed E-state index contributed by atoms with van der Waals surface area (Å²) in [5.74, 6) is 0.683. The average molecular weight is 188 g/mol. The van der Waals surface area contributed by atoms with E-state index in [2.05, 4.69) is 50.4 Å². The first-order chi connectivity index (χ1) is 6.20. The molecule has 1 aliphatic carbocycles. The van der Waals surface area contributed by atoms with Crippen LogP contribution in [0.3, 0.4) is 0 Å². The van der Waals surface area contributed by atoms with Gasteiger partial charge in [-0.15, -0.1) is 0 Å². The molecule has 0 nitrogen and oxygen atoms in total. The Morgan fingerprint density at radius 3 is 2.46 bits per heavy atom. The van der Waals surface area contributed by atoms with Crippen molar-refractivity contribution in [1.82, 2.24) is 0 Å². The van der Waals surface area contributed by atoms with E-state index in [-0.39, 0.29) is 0 Å². The van der Waals surface area contributed by atoms with Crippen LogP contribution in [0.25, 0.3) is 6.08 Å². The zero-order valence-electron chi connectivity index (χ0n) is 8.54. The van der Waals surface area contributed by atoms with Gasteiger partial charge in [0, 0.05) is 0 Å². The smallest absolute Gasteiger partial charge is 0.0603 e. The second-order valence-electron chi connectivity index (χ2n) is 4.15. The maximum Gasteiger partial charge on any atom is 0.0603 e. The van der Waals surface area contributed by atoms with Crippen molar-refractivity contribution in [3.63, 3.8) is 0 Å². The molecule has 1 heteroatoms. The third-order valence-corrected chi connectivity index (χ3v) is 4.95. The van der Waals surface area contributed by atoms with Gasteiger partial charge in [0.15, 0.2) is 0 Å². The van der Waals surface area contributed by atoms with E-state index in [1.54, 1.807) is 5.20 Å². The molecule has 0 fully saturated rings. The minimum absolute atomic E-state index is 0.606. The van der Waals surface area contributed by atoms with Crippen molar-refractivity contribution in [3.8, 4) is 0 Å². The standard InChI is InChI=1S/C12H16Si/c1-9-11-7-5-4-6-10(11)8-12(9)13(2)3/h4-9,13H,1-3H3. The molecule has 1 aliphatic rings. The Morgan fingerprint density at radius 2 is 1.85 bits per heavy atom. The second-order valence-corrected chi connectivity index (χ2v) is 7.13. The molecule has 0 aromatic heterocycles. The number of hydrogen-bond acceptors (Lipinski definition) is 0. The summed E-state index contributed by atoms with van der Waals surface area (Å²) < 4.78 is 0. The molecule has 1 aromatic carbocycles. The van der Waals surface area contributed by atoms with Crippen molar-refractivity contribution in [1.29, 1.82) is 0 Å². The molecule has 1 aromatic rings. The van der Waals surface area contributed by atoms with E-state index in [1.165, 1.54) is 11.1 Å². The lowest BCUT2D eigenvalue weighted by molar-refractivity contribution is 0.965. The number of benzene rings is 1. The summed E-state index contributed by atoms with van der Waals surface area (Å²) in [5.41, 5.74) is 2.98. The summed E-state index contributed by atoms with van der Waals surface area (Å²) in [5, 5.41) is 1.71. The van der Waals surface area contributed by atoms with Gasteiger partial charge in [-0.2, -0.15) is 0 Å². The molecule has 0 saturated carbocycles. The summed E-state index contributed by atoms with van der Waals surface area (Å²) in [6.07, 6.45) is 2.41. The highest BCUT2D eigenvalue weighted by Gasteiger charge is 2.22. The quantitative estimate of drug-likeness (QED) is 0.594. The average Bonchev–Trinajstić information content (AvgIpc) is 2.45. The van der Waals surface area contributed by atoms with E-state index in [1.807, 2.05) is 0 Å². The first-order valence-corrected chi connectivity index (χ1v) is 7.89. The van der Waals surface area contributed by atoms with Gasteiger partial charge in [-0.3, -0.25) is 0 Å². The Hall–Kier alpha value is -0.823. The zero-order chi connectivity index (χ0) is 9.42. The van der Waals surface area contributed by atoms with E-state index in [0.717, 1.165) is 0 Å². The lowest BCUT2D eigenvalue weighted by Gasteiger charge is -2.13. The van der Waals surface area contributed by atoms with Crippen LogP contribution < -0.4 is 0 Å². The van der Waals surface area contributed by atoms with Crippen LogP contribution >= 0.6 is 0 Å². The van der Waals surface area contributed by atoms with Crippen molar-refractivity contribution in [3.05, 3.63) is 40.6 Å². The summed E-state index contributed by atoms with van der Waals surface area (Å²) in [7, 11) is -0.606. The maximum atomic E-state index is 2.41. The molecule has 0 N–H and O–H groups in total. The lowest BCUT2D eigenvalue weighted by atomic mass is 10.0. The third kappa shape index (κ3) is 1.37. The summed E-state index contributed by atoms with van der Waals surface area (Å²) in [6, 6.07) is 8.77. The van der Waals surface area contributed by atoms with Crippen LogP contribution in [0.2, 0.25) is 13.1 Å². The van der Waals surface area contributed by atoms with Crippen molar-refractivity contribution in [2.24, 2.45) is 0 Å². The molecule has 0 amide bonds. The first kappa shape index (κ1) is 8.76. The van der Waals surface area contributed by atoms with Gasteiger partial charge >= 0.3 is 0 Å². The van der Waals surface area contributed by atoms with Crippen molar-refractivity contribution >= 4 is 14.9 Å². The van der Waals surface area contributed by atoms with Gasteiger partial charge in [0.2, 0.25) is 0 Å². The van der Waals surface area contributed by atoms with Crippen molar-refractivity contribution in [2.75, 3.05) is 0 Å². The molecule has 0 bridgehead atoms. The highest BCUT2D eigenvalue weighted by Crippen LogP contribution is 2.36. The van der Waals surface area contributed by atoms with Gasteiger partial charge in [0.1, 0.15) is 0 Å². The van der Waals surface area contributed by atoms with E-state index in [9.17, 15) is 0 Å². The van der Waals surface area contributed by atoms with Crippen LogP contribution in [-0.2, 0) is 0 Å². The molecule has 0 saturated heterocycles. The highest BCUT2D eigenvalue weighted by atomic mass is 28.3. The third-order valence-electron chi connectivity index (χ3n) is 2.95. The topological polar surface area (TPSA) is 0 Å². The zero-order valence-corrected chi connectivity index (χ0v) is 9.70. The summed E-state index contributed by atoms with van der Waals surface area (Å²) >= 11 is 0. The number of rotatable bonds is 1. The van der Waals surface area contributed by atoms with Gasteiger partial charge in [-0.05, 0) is 17.0 Å². The van der Waals surface area contributed by atoms with Crippen LogP contribution in [0.15, 0.2) is 29.5 Å². The van der Waals surface area contributed by atoms with E-state index >= 15 is 0 Å². The van der Waals surface area contributed by atoms with Gasteiger partial charge in [-0.25, -0.2) is 0 Å². The highest BCUT2D eigenvalue weighted by molar-refractivity contribution is 6.65. The molecule has 1 unspecified atom stereocenters. The molecular weight excluding hydrogens is 172 g/mol. The monoisotopic (exact) mass is 188 g/mol. The molecule has 13 heavy (non-hydrogen) atoms. The molecule has 0 spiro atoms. The van der Waals surface area contributed by atoms with Crippen LogP contribution in [0.5, 0.6) is 0 Å². The fourth-order valence-corrected chi connectivity index (χ4v) is 3.88. The van der Waals surface area contributed by atoms with Gasteiger partial charge in [0.25, 0.3) is 0 Å². The Morgan fingerprint density at radius 1 is 1.15 bits per heavy atom. The molecule has 0 radical (unpaired) electrons. The van der Waals surface area contributed by atoms with Crippen LogP contribution in [0.1, 0.15) is 24.0 Å². The summed E-state index contributed by atoms with van der Waals surface area (Å²) in [4.78, 5) is 0. The predicted molar refractivity (Wildman–Crippen MR) is 61.7 cm³/mol. The fourth-order valence-electron chi connectivity index (χ4n) is 2.19. The SMILES string of the molecule is CC1C([SiH](C)C)=Cc2ccccc21. The molecular formula is C12H16Si. The largest absolute Gasteiger partial charge is 0.0770 e. The van der Waals surface area contributed by atoms with Crippen LogP contribution in [0.4, 0.5) is 0 Å². The van der Waals surface area contributed by atoms with Crippen LogP contribution in [0, 0.1) is 0 Å². The number of hydrogen-bond donors (Lipinski definition) is 0. The summed E-state index contributed by atoms with van der Waals surface area (Å²) in [6.45, 7) is 7.16. The molecule has 1 atom stereocenters. The number of fused-ring (bicyclic) bond motifs is 1. The van der Waals surface area contributed by atoms with Gasteiger partial charge < -0.3 is 0 Å². The van der Waals surface area contributed by atoms with Crippen molar-refractivity contribution in [2.45, 2.75) is 25.9 Å². The van der Waals surface area contributed by atoms with E-state index < -0.39 is 8.80 Å². The Balaban J connectivity index is 2.44. The first-order valence-electron chi connectivity index (χ1n) is 5.00. The minimum Gasteiger partial charge on any atom is -0.0770 e. The molecule has 0 heterocycles. The minimum atomic E-state index is -0.606. The number of allylic oxidation sites excluding steroid dienone is 1. The van der Waals surface area contributed by atoms with Gasteiger partial charge in [-0.1, -0.05) is 55.6 Å². The molecule has 68 valence electrons. The Kier molecular flexibility index (Phi) is 2.12. The predicted octanol–water partition coefficient (Wildman–Crippen LogP) is 3.21. The fraction of sp³-hybridized carbons (Fsp3) is 0.333. The normalized spacial score (nSPS) is 20.3. The van der Waals surface area contributed by atoms with Crippen LogP contribution in [-0.4, -0.2) is 8.80 Å². The van der Waals surface area contributed by atoms with Gasteiger partial charge in [0.05, 0.1) is 8.80 Å². The second kappa shape index (κ2) is 3.15. The lowest BCUT2D eigenvalue weighted by Crippen LogP contribution is -2.08. The molecule has 2 rings (SSSR count). The molecule has 0 aliphatic heterocycles. The Labute approximate surface area is 81.9 Å². The maximum absolute atomic E-state index is 2.41. The van der Waals surface area contributed by atoms with E-state index in [0.29, 0.717) is 5.92 Å². The Bertz CT molecular complexity index is 350.